The van der Waals surface area contributed by atoms with E-state index in [1.807, 2.05) is 0 Å². The van der Waals surface area contributed by atoms with Crippen LogP contribution in [-0.4, -0.2) is 19.5 Å². The van der Waals surface area contributed by atoms with E-state index in [0.717, 1.165) is 0 Å². The van der Waals surface area contributed by atoms with Gasteiger partial charge in [-0.05, 0) is 11.6 Å². The molecular formula is C5H2ClFO5S. The van der Waals surface area contributed by atoms with E-state index in [1.54, 1.807) is 0 Å². The average Bonchev–Trinajstić information content (AvgIpc) is 2.29. The molecule has 1 aromatic rings. The van der Waals surface area contributed by atoms with Crippen molar-refractivity contribution in [1.82, 2.24) is 0 Å². The number of furan rings is 1. The smallest absolute Gasteiger partial charge is 0.371 e. The molecule has 0 saturated heterocycles. The van der Waals surface area contributed by atoms with Crippen molar-refractivity contribution in [3.8, 4) is 0 Å². The highest BCUT2D eigenvalue weighted by atomic mass is 35.5. The van der Waals surface area contributed by atoms with E-state index in [1.165, 1.54) is 0 Å². The van der Waals surface area contributed by atoms with Gasteiger partial charge in [0.05, 0.1) is 0 Å². The van der Waals surface area contributed by atoms with E-state index in [0.29, 0.717) is 6.07 Å². The Morgan fingerprint density at radius 2 is 2.15 bits per heavy atom. The molecule has 0 fully saturated rings. The topological polar surface area (TPSA) is 84.6 Å². The van der Waals surface area contributed by atoms with Crippen LogP contribution in [0.4, 0.5) is 3.89 Å². The molecule has 0 aromatic carbocycles. The third-order valence-corrected chi connectivity index (χ3v) is 2.35. The summed E-state index contributed by atoms with van der Waals surface area (Å²) in [5, 5.41) is 7.51. The first-order valence-corrected chi connectivity index (χ1v) is 4.56. The lowest BCUT2D eigenvalue weighted by Crippen LogP contribution is -1.93. The van der Waals surface area contributed by atoms with E-state index in [-0.39, 0.29) is 0 Å². The molecule has 72 valence electrons. The number of carbonyl (C=O) groups is 1. The maximum absolute atomic E-state index is 12.3. The fourth-order valence-electron chi connectivity index (χ4n) is 0.624. The summed E-state index contributed by atoms with van der Waals surface area (Å²) < 4.78 is 37.1. The molecule has 8 heteroatoms. The Labute approximate surface area is 76.9 Å². The van der Waals surface area contributed by atoms with Gasteiger partial charge in [0.2, 0.25) is 11.0 Å². The minimum absolute atomic E-state index is 0.500. The lowest BCUT2D eigenvalue weighted by atomic mass is 10.5. The SMILES string of the molecule is O=C(O)c1cc(S(=O)(=O)F)c(Cl)o1. The Morgan fingerprint density at radius 3 is 2.38 bits per heavy atom. The largest absolute Gasteiger partial charge is 0.475 e. The van der Waals surface area contributed by atoms with Gasteiger partial charge in [-0.3, -0.25) is 0 Å². The van der Waals surface area contributed by atoms with Crippen LogP contribution in [0.3, 0.4) is 0 Å². The minimum Gasteiger partial charge on any atom is -0.475 e. The monoisotopic (exact) mass is 228 g/mol. The van der Waals surface area contributed by atoms with Gasteiger partial charge in [-0.2, -0.15) is 8.42 Å². The van der Waals surface area contributed by atoms with Crippen molar-refractivity contribution in [2.75, 3.05) is 0 Å². The zero-order chi connectivity index (χ0) is 10.2. The summed E-state index contributed by atoms with van der Waals surface area (Å²) >= 11 is 5.12. The van der Waals surface area contributed by atoms with E-state index in [4.69, 9.17) is 16.7 Å². The first-order valence-electron chi connectivity index (χ1n) is 2.79. The van der Waals surface area contributed by atoms with E-state index in [9.17, 15) is 17.1 Å². The molecule has 1 N–H and O–H groups in total. The lowest BCUT2D eigenvalue weighted by Gasteiger charge is -1.84. The second kappa shape index (κ2) is 3.00. The van der Waals surface area contributed by atoms with Gasteiger partial charge in [-0.15, -0.1) is 3.89 Å². The van der Waals surface area contributed by atoms with Crippen molar-refractivity contribution in [2.45, 2.75) is 4.90 Å². The van der Waals surface area contributed by atoms with Crippen molar-refractivity contribution < 1.29 is 26.6 Å². The molecular weight excluding hydrogens is 227 g/mol. The average molecular weight is 229 g/mol. The molecule has 1 aromatic heterocycles. The predicted molar refractivity (Wildman–Crippen MR) is 39.0 cm³/mol. The van der Waals surface area contributed by atoms with Gasteiger partial charge in [0.25, 0.3) is 0 Å². The number of carboxylic acids is 1. The second-order valence-electron chi connectivity index (χ2n) is 1.99. The van der Waals surface area contributed by atoms with Crippen LogP contribution in [0, 0.1) is 0 Å². The Kier molecular flexibility index (Phi) is 2.31. The van der Waals surface area contributed by atoms with Gasteiger partial charge in [-0.1, -0.05) is 0 Å². The van der Waals surface area contributed by atoms with Gasteiger partial charge in [0, 0.05) is 6.07 Å². The third-order valence-electron chi connectivity index (χ3n) is 1.13. The highest BCUT2D eigenvalue weighted by Gasteiger charge is 2.24. The van der Waals surface area contributed by atoms with E-state index in [2.05, 4.69) is 4.42 Å². The zero-order valence-corrected chi connectivity index (χ0v) is 7.39. The number of aromatic carboxylic acids is 1. The number of rotatable bonds is 2. The lowest BCUT2D eigenvalue weighted by molar-refractivity contribution is 0.0662. The summed E-state index contributed by atoms with van der Waals surface area (Å²) in [6.45, 7) is 0. The number of hydrogen-bond acceptors (Lipinski definition) is 4. The van der Waals surface area contributed by atoms with E-state index < -0.39 is 32.1 Å². The van der Waals surface area contributed by atoms with Gasteiger partial charge in [0.1, 0.15) is 0 Å². The van der Waals surface area contributed by atoms with Crippen molar-refractivity contribution in [3.63, 3.8) is 0 Å². The summed E-state index contributed by atoms with van der Waals surface area (Å²) in [5.41, 5.74) is 0. The summed E-state index contributed by atoms with van der Waals surface area (Å²) in [6, 6.07) is 0.500. The molecule has 0 unspecified atom stereocenters. The molecule has 1 heterocycles. The second-order valence-corrected chi connectivity index (χ2v) is 3.65. The molecule has 5 nitrogen and oxygen atoms in total. The highest BCUT2D eigenvalue weighted by molar-refractivity contribution is 7.86. The molecule has 0 atom stereocenters. The van der Waals surface area contributed by atoms with Gasteiger partial charge < -0.3 is 9.52 Å². The van der Waals surface area contributed by atoms with Crippen LogP contribution in [0.5, 0.6) is 0 Å². The van der Waals surface area contributed by atoms with Crippen molar-refractivity contribution in [2.24, 2.45) is 0 Å². The maximum atomic E-state index is 12.3. The molecule has 13 heavy (non-hydrogen) atoms. The molecule has 0 saturated carbocycles. The van der Waals surface area contributed by atoms with Crippen LogP contribution in [-0.2, 0) is 10.2 Å². The molecule has 1 rings (SSSR count). The number of hydrogen-bond donors (Lipinski definition) is 1. The van der Waals surface area contributed by atoms with E-state index >= 15 is 0 Å². The maximum Gasteiger partial charge on any atom is 0.371 e. The highest BCUT2D eigenvalue weighted by Crippen LogP contribution is 2.26. The molecule has 0 spiro atoms. The fourth-order valence-corrected chi connectivity index (χ4v) is 1.52. The van der Waals surface area contributed by atoms with Crippen LogP contribution in [0.2, 0.25) is 5.22 Å². The fraction of sp³-hybridized carbons (Fsp3) is 0. The van der Waals surface area contributed by atoms with Crippen LogP contribution in [0.15, 0.2) is 15.4 Å². The van der Waals surface area contributed by atoms with Gasteiger partial charge in [-0.25, -0.2) is 4.79 Å². The Hall–Kier alpha value is -1.08. The molecule has 0 amide bonds. The minimum atomic E-state index is -5.04. The predicted octanol–water partition coefficient (Wildman–Crippen LogP) is 1.29. The normalized spacial score (nSPS) is 11.5. The van der Waals surface area contributed by atoms with Crippen LogP contribution < -0.4 is 0 Å². The quantitative estimate of drug-likeness (QED) is 0.771. The summed E-state index contributed by atoms with van der Waals surface area (Å²) in [5.74, 6) is -2.27. The van der Waals surface area contributed by atoms with Crippen molar-refractivity contribution in [1.29, 1.82) is 0 Å². The van der Waals surface area contributed by atoms with Crippen molar-refractivity contribution in [3.05, 3.63) is 17.0 Å². The molecule has 0 aliphatic rings. The van der Waals surface area contributed by atoms with Gasteiger partial charge in [0.15, 0.2) is 4.90 Å². The molecule has 0 aliphatic carbocycles. The number of carboxylic acid groups (broad SMARTS) is 1. The van der Waals surface area contributed by atoms with Crippen LogP contribution in [0.25, 0.3) is 0 Å². The first kappa shape index (κ1) is 10.0. The summed E-state index contributed by atoms with van der Waals surface area (Å²) in [6.07, 6.45) is 0. The third kappa shape index (κ3) is 1.99. The molecule has 0 bridgehead atoms. The summed E-state index contributed by atoms with van der Waals surface area (Å²) in [4.78, 5) is 9.24. The Morgan fingerprint density at radius 1 is 1.62 bits per heavy atom. The van der Waals surface area contributed by atoms with Crippen molar-refractivity contribution >= 4 is 27.8 Å². The molecule has 0 radical (unpaired) electrons. The first-order chi connectivity index (χ1) is 5.82. The number of halogens is 2. The Bertz CT molecular complexity index is 447. The standard InChI is InChI=1S/C5H2ClFO5S/c6-4-3(13(7,10)11)1-2(12-4)5(8)9/h1H,(H,8,9). The zero-order valence-electron chi connectivity index (χ0n) is 5.82. The van der Waals surface area contributed by atoms with Crippen LogP contribution in [0.1, 0.15) is 10.6 Å². The Balaban J connectivity index is 3.35. The van der Waals surface area contributed by atoms with Gasteiger partial charge >= 0.3 is 16.2 Å². The summed E-state index contributed by atoms with van der Waals surface area (Å²) in [7, 11) is -5.04. The molecule has 0 aliphatic heterocycles. The van der Waals surface area contributed by atoms with Crippen LogP contribution >= 0.6 is 11.6 Å².